The summed E-state index contributed by atoms with van der Waals surface area (Å²) in [6.07, 6.45) is 0.360. The van der Waals surface area contributed by atoms with Gasteiger partial charge in [0.1, 0.15) is 0 Å². The maximum atomic E-state index is 8.78. The lowest BCUT2D eigenvalue weighted by Gasteiger charge is -2.12. The highest BCUT2D eigenvalue weighted by Crippen LogP contribution is 2.22. The van der Waals surface area contributed by atoms with Crippen molar-refractivity contribution in [2.45, 2.75) is 33.1 Å². The highest BCUT2D eigenvalue weighted by Gasteiger charge is 2.13. The lowest BCUT2D eigenvalue weighted by atomic mass is 10.1. The van der Waals surface area contributed by atoms with Crippen LogP contribution < -0.4 is 0 Å². The first-order valence-corrected chi connectivity index (χ1v) is 6.15. The van der Waals surface area contributed by atoms with Gasteiger partial charge in [-0.15, -0.1) is 0 Å². The van der Waals surface area contributed by atoms with Crippen LogP contribution in [-0.4, -0.2) is 9.78 Å². The molecule has 92 valence electrons. The van der Waals surface area contributed by atoms with Crippen LogP contribution in [0.2, 0.25) is 0 Å². The molecule has 0 atom stereocenters. The number of para-hydroxylation sites is 1. The fourth-order valence-electron chi connectivity index (χ4n) is 2.02. The maximum Gasteiger partial charge on any atom is 0.0793 e. The van der Waals surface area contributed by atoms with Gasteiger partial charge in [-0.3, -0.25) is 0 Å². The zero-order chi connectivity index (χ0) is 13.1. The average molecular weight is 239 g/mol. The number of rotatable bonds is 3. The predicted molar refractivity (Wildman–Crippen MR) is 71.7 cm³/mol. The normalized spacial score (nSPS) is 10.6. The van der Waals surface area contributed by atoms with Crippen LogP contribution in [0.3, 0.4) is 0 Å². The van der Waals surface area contributed by atoms with E-state index in [1.54, 1.807) is 0 Å². The highest BCUT2D eigenvalue weighted by molar-refractivity contribution is 5.41. The molecule has 1 aromatic heterocycles. The van der Waals surface area contributed by atoms with Crippen LogP contribution in [0.15, 0.2) is 30.3 Å². The van der Waals surface area contributed by atoms with Crippen molar-refractivity contribution in [1.82, 2.24) is 9.78 Å². The Morgan fingerprint density at radius 1 is 1.33 bits per heavy atom. The van der Waals surface area contributed by atoms with Crippen LogP contribution in [-0.2, 0) is 6.42 Å². The molecule has 2 rings (SSSR count). The molecular weight excluding hydrogens is 222 g/mol. The van der Waals surface area contributed by atoms with Gasteiger partial charge in [-0.2, -0.15) is 10.4 Å². The molecule has 3 nitrogen and oxygen atoms in total. The zero-order valence-electron chi connectivity index (χ0n) is 11.0. The summed E-state index contributed by atoms with van der Waals surface area (Å²) >= 11 is 0. The van der Waals surface area contributed by atoms with Gasteiger partial charge in [0.25, 0.3) is 0 Å². The molecule has 1 aromatic carbocycles. The SMILES string of the molecule is Cc1ccccc1-n1nc(CC#N)cc1C(C)C. The Kier molecular flexibility index (Phi) is 3.47. The van der Waals surface area contributed by atoms with Crippen molar-refractivity contribution in [1.29, 1.82) is 5.26 Å². The van der Waals surface area contributed by atoms with Gasteiger partial charge in [-0.1, -0.05) is 32.0 Å². The average Bonchev–Trinajstić information content (AvgIpc) is 2.74. The Labute approximate surface area is 108 Å². The van der Waals surface area contributed by atoms with Gasteiger partial charge in [0.15, 0.2) is 0 Å². The lowest BCUT2D eigenvalue weighted by Crippen LogP contribution is -2.05. The summed E-state index contributed by atoms with van der Waals surface area (Å²) in [4.78, 5) is 0. The van der Waals surface area contributed by atoms with E-state index in [9.17, 15) is 0 Å². The molecule has 1 heterocycles. The molecule has 0 saturated carbocycles. The molecule has 0 amide bonds. The number of nitriles is 1. The minimum absolute atomic E-state index is 0.360. The summed E-state index contributed by atoms with van der Waals surface area (Å²) < 4.78 is 1.96. The van der Waals surface area contributed by atoms with Crippen LogP contribution in [0.5, 0.6) is 0 Å². The summed E-state index contributed by atoms with van der Waals surface area (Å²) in [6.45, 7) is 6.36. The lowest BCUT2D eigenvalue weighted by molar-refractivity contribution is 0.727. The second-order valence-electron chi connectivity index (χ2n) is 4.75. The van der Waals surface area contributed by atoms with Crippen LogP contribution in [0.4, 0.5) is 0 Å². The molecule has 0 unspecified atom stereocenters. The first kappa shape index (κ1) is 12.4. The molecule has 0 radical (unpaired) electrons. The smallest absolute Gasteiger partial charge is 0.0793 e. The standard InChI is InChI=1S/C15H17N3/c1-11(2)15-10-13(8-9-16)17-18(15)14-7-5-4-6-12(14)3/h4-7,10-11H,8H2,1-3H3. The molecule has 0 aliphatic carbocycles. The van der Waals surface area contributed by atoms with Crippen molar-refractivity contribution in [2.75, 3.05) is 0 Å². The zero-order valence-corrected chi connectivity index (χ0v) is 11.0. The van der Waals surface area contributed by atoms with Gasteiger partial charge in [0.05, 0.1) is 23.9 Å². The van der Waals surface area contributed by atoms with Crippen molar-refractivity contribution in [3.8, 4) is 11.8 Å². The van der Waals surface area contributed by atoms with Crippen molar-refractivity contribution in [2.24, 2.45) is 0 Å². The van der Waals surface area contributed by atoms with Crippen LogP contribution in [0, 0.1) is 18.3 Å². The van der Waals surface area contributed by atoms with Gasteiger partial charge in [0, 0.05) is 5.69 Å². The second-order valence-corrected chi connectivity index (χ2v) is 4.75. The molecule has 0 N–H and O–H groups in total. The summed E-state index contributed by atoms with van der Waals surface area (Å²) in [7, 11) is 0. The van der Waals surface area contributed by atoms with Crippen LogP contribution in [0.1, 0.15) is 36.7 Å². The topological polar surface area (TPSA) is 41.6 Å². The Morgan fingerprint density at radius 2 is 2.06 bits per heavy atom. The van der Waals surface area contributed by atoms with E-state index in [1.807, 2.05) is 22.9 Å². The highest BCUT2D eigenvalue weighted by atomic mass is 15.3. The molecule has 18 heavy (non-hydrogen) atoms. The summed E-state index contributed by atoms with van der Waals surface area (Å²) in [5, 5.41) is 13.3. The van der Waals surface area contributed by atoms with E-state index in [4.69, 9.17) is 5.26 Å². The number of aryl methyl sites for hydroxylation is 1. The van der Waals surface area contributed by atoms with E-state index in [0.717, 1.165) is 17.1 Å². The van der Waals surface area contributed by atoms with Crippen molar-refractivity contribution < 1.29 is 0 Å². The maximum absolute atomic E-state index is 8.78. The van der Waals surface area contributed by atoms with Gasteiger partial charge >= 0.3 is 0 Å². The summed E-state index contributed by atoms with van der Waals surface area (Å²) in [5.41, 5.74) is 4.26. The van der Waals surface area contributed by atoms with E-state index in [1.165, 1.54) is 5.56 Å². The molecule has 0 spiro atoms. The van der Waals surface area contributed by atoms with Crippen molar-refractivity contribution in [3.63, 3.8) is 0 Å². The van der Waals surface area contributed by atoms with Crippen LogP contribution in [0.25, 0.3) is 5.69 Å². The third-order valence-corrected chi connectivity index (χ3v) is 2.98. The molecule has 0 fully saturated rings. The molecular formula is C15H17N3. The third kappa shape index (κ3) is 2.28. The van der Waals surface area contributed by atoms with E-state index >= 15 is 0 Å². The Hall–Kier alpha value is -2.08. The first-order chi connectivity index (χ1) is 8.63. The molecule has 3 heteroatoms. The first-order valence-electron chi connectivity index (χ1n) is 6.15. The number of nitrogens with zero attached hydrogens (tertiary/aromatic N) is 3. The molecule has 2 aromatic rings. The number of aromatic nitrogens is 2. The molecule has 0 saturated heterocycles. The van der Waals surface area contributed by atoms with Gasteiger partial charge in [-0.05, 0) is 30.5 Å². The Bertz CT molecular complexity index is 588. The summed E-state index contributed by atoms with van der Waals surface area (Å²) in [5.74, 6) is 0.379. The van der Waals surface area contributed by atoms with Crippen LogP contribution >= 0.6 is 0 Å². The van der Waals surface area contributed by atoms with E-state index in [0.29, 0.717) is 12.3 Å². The minimum atomic E-state index is 0.360. The van der Waals surface area contributed by atoms with E-state index < -0.39 is 0 Å². The van der Waals surface area contributed by atoms with Gasteiger partial charge in [0.2, 0.25) is 0 Å². The predicted octanol–water partition coefficient (Wildman–Crippen LogP) is 3.37. The van der Waals surface area contributed by atoms with Crippen molar-refractivity contribution in [3.05, 3.63) is 47.3 Å². The fraction of sp³-hybridized carbons (Fsp3) is 0.333. The largest absolute Gasteiger partial charge is 0.237 e. The monoisotopic (exact) mass is 239 g/mol. The number of hydrogen-bond donors (Lipinski definition) is 0. The minimum Gasteiger partial charge on any atom is -0.237 e. The van der Waals surface area contributed by atoms with Crippen molar-refractivity contribution >= 4 is 0 Å². The van der Waals surface area contributed by atoms with Gasteiger partial charge < -0.3 is 0 Å². The molecule has 0 aliphatic heterocycles. The fourth-order valence-corrected chi connectivity index (χ4v) is 2.02. The second kappa shape index (κ2) is 5.05. The quantitative estimate of drug-likeness (QED) is 0.824. The summed E-state index contributed by atoms with van der Waals surface area (Å²) in [6, 6.07) is 12.3. The van der Waals surface area contributed by atoms with Gasteiger partial charge in [-0.25, -0.2) is 4.68 Å². The Morgan fingerprint density at radius 3 is 2.67 bits per heavy atom. The van der Waals surface area contributed by atoms with E-state index in [2.05, 4.69) is 44.1 Å². The number of benzene rings is 1. The molecule has 0 aliphatic rings. The third-order valence-electron chi connectivity index (χ3n) is 2.98. The Balaban J connectivity index is 2.56. The molecule has 0 bridgehead atoms. The number of hydrogen-bond acceptors (Lipinski definition) is 2. The van der Waals surface area contributed by atoms with E-state index in [-0.39, 0.29) is 0 Å².